The Morgan fingerprint density at radius 2 is 1.92 bits per heavy atom. The third-order valence-corrected chi connectivity index (χ3v) is 4.07. The Morgan fingerprint density at radius 1 is 1.24 bits per heavy atom. The highest BCUT2D eigenvalue weighted by Gasteiger charge is 2.45. The molecule has 0 aliphatic carbocycles. The number of carboxylic acids is 1. The van der Waals surface area contributed by atoms with Crippen LogP contribution < -0.4 is 4.74 Å². The molecule has 0 saturated carbocycles. The fraction of sp³-hybridized carbons (Fsp3) is 0.562. The fourth-order valence-electron chi connectivity index (χ4n) is 2.78. The largest absolute Gasteiger partial charge is 0.507 e. The number of carbonyl (C=O) groups is 1. The lowest BCUT2D eigenvalue weighted by Crippen LogP contribution is -2.57. The molecule has 0 radical (unpaired) electrons. The van der Waals surface area contributed by atoms with Crippen LogP contribution in [-0.2, 0) is 11.2 Å². The van der Waals surface area contributed by atoms with Crippen molar-refractivity contribution in [1.29, 1.82) is 0 Å². The van der Waals surface area contributed by atoms with Gasteiger partial charge in [-0.15, -0.1) is 0 Å². The van der Waals surface area contributed by atoms with Crippen LogP contribution >= 0.6 is 0 Å². The molecule has 1 fully saturated rings. The number of hydrogen-bond acceptors (Lipinski definition) is 8. The van der Waals surface area contributed by atoms with Gasteiger partial charge < -0.3 is 40.1 Å². The lowest BCUT2D eigenvalue weighted by Gasteiger charge is -2.39. The number of phenols is 1. The minimum atomic E-state index is -1.72. The molecule has 9 heteroatoms. The van der Waals surface area contributed by atoms with Gasteiger partial charge in [0.2, 0.25) is 6.29 Å². The molecule has 1 heterocycles. The summed E-state index contributed by atoms with van der Waals surface area (Å²) < 4.78 is 10.5. The van der Waals surface area contributed by atoms with Crippen LogP contribution in [0, 0.1) is 5.92 Å². The third-order valence-electron chi connectivity index (χ3n) is 4.07. The standard InChI is InChI=1S/C16H22O9/c1-2-3-7-4-8(5-10(18)11(7)14(21)22)24-16-9(6-17)12(19)13(20)15(23)25-16/h4-5,9,12-13,15-20,23H,2-3,6H2,1H3,(H,21,22)/t9-,12-,13+,15+,16?/m1/s1. The highest BCUT2D eigenvalue weighted by molar-refractivity contribution is 5.92. The summed E-state index contributed by atoms with van der Waals surface area (Å²) in [4.78, 5) is 11.3. The van der Waals surface area contributed by atoms with Gasteiger partial charge in [-0.1, -0.05) is 13.3 Å². The van der Waals surface area contributed by atoms with Crippen molar-refractivity contribution < 1.29 is 44.9 Å². The number of aromatic carboxylic acids is 1. The first-order valence-corrected chi connectivity index (χ1v) is 7.86. The van der Waals surface area contributed by atoms with Crippen LogP contribution in [0.3, 0.4) is 0 Å². The van der Waals surface area contributed by atoms with Gasteiger partial charge in [0, 0.05) is 6.07 Å². The zero-order valence-electron chi connectivity index (χ0n) is 13.6. The number of ether oxygens (including phenoxy) is 2. The van der Waals surface area contributed by atoms with Crippen molar-refractivity contribution in [2.24, 2.45) is 5.92 Å². The maximum atomic E-state index is 11.3. The molecule has 0 spiro atoms. The summed E-state index contributed by atoms with van der Waals surface area (Å²) in [5, 5.41) is 57.7. The molecule has 25 heavy (non-hydrogen) atoms. The SMILES string of the molecule is CCCc1cc(OC2O[C@H](O)[C@@H](O)[C@H](O)[C@H]2CO)cc(O)c1C(=O)O. The number of hydrogen-bond donors (Lipinski definition) is 6. The minimum absolute atomic E-state index is 0.0465. The van der Waals surface area contributed by atoms with Gasteiger partial charge in [0.05, 0.1) is 18.6 Å². The Morgan fingerprint density at radius 3 is 2.48 bits per heavy atom. The topological polar surface area (TPSA) is 157 Å². The van der Waals surface area contributed by atoms with Gasteiger partial charge in [0.15, 0.2) is 6.29 Å². The second kappa shape index (κ2) is 7.98. The summed E-state index contributed by atoms with van der Waals surface area (Å²) in [7, 11) is 0. The highest BCUT2D eigenvalue weighted by atomic mass is 16.7. The first kappa shape index (κ1) is 19.4. The van der Waals surface area contributed by atoms with E-state index in [0.717, 1.165) is 6.07 Å². The van der Waals surface area contributed by atoms with Crippen LogP contribution in [-0.4, -0.2) is 68.0 Å². The van der Waals surface area contributed by atoms with E-state index in [9.17, 15) is 35.4 Å². The van der Waals surface area contributed by atoms with Crippen LogP contribution in [0.4, 0.5) is 0 Å². The molecule has 1 aliphatic rings. The van der Waals surface area contributed by atoms with Gasteiger partial charge in [0.25, 0.3) is 0 Å². The monoisotopic (exact) mass is 358 g/mol. The maximum absolute atomic E-state index is 11.3. The van der Waals surface area contributed by atoms with Crippen molar-refractivity contribution in [3.05, 3.63) is 23.3 Å². The number of aryl methyl sites for hydroxylation is 1. The minimum Gasteiger partial charge on any atom is -0.507 e. The predicted octanol–water partition coefficient (Wildman–Crippen LogP) is -0.573. The number of carboxylic acid groups (broad SMARTS) is 1. The molecule has 6 N–H and O–H groups in total. The van der Waals surface area contributed by atoms with Crippen molar-refractivity contribution in [1.82, 2.24) is 0 Å². The molecule has 1 aromatic carbocycles. The Labute approximate surface area is 143 Å². The number of benzene rings is 1. The average Bonchev–Trinajstić information content (AvgIpc) is 2.52. The molecule has 5 atom stereocenters. The number of aliphatic hydroxyl groups is 4. The van der Waals surface area contributed by atoms with Gasteiger partial charge >= 0.3 is 5.97 Å². The van der Waals surface area contributed by atoms with E-state index < -0.39 is 49.0 Å². The van der Waals surface area contributed by atoms with E-state index in [2.05, 4.69) is 0 Å². The van der Waals surface area contributed by atoms with E-state index in [4.69, 9.17) is 9.47 Å². The second-order valence-corrected chi connectivity index (χ2v) is 5.87. The maximum Gasteiger partial charge on any atom is 0.339 e. The Hall–Kier alpha value is -1.91. The van der Waals surface area contributed by atoms with Gasteiger partial charge in [-0.25, -0.2) is 4.79 Å². The van der Waals surface area contributed by atoms with Gasteiger partial charge in [-0.05, 0) is 18.1 Å². The van der Waals surface area contributed by atoms with Crippen molar-refractivity contribution in [2.75, 3.05) is 6.61 Å². The summed E-state index contributed by atoms with van der Waals surface area (Å²) in [5.41, 5.74) is 0.121. The van der Waals surface area contributed by atoms with Crippen molar-refractivity contribution >= 4 is 5.97 Å². The average molecular weight is 358 g/mol. The van der Waals surface area contributed by atoms with Crippen LogP contribution in [0.25, 0.3) is 0 Å². The van der Waals surface area contributed by atoms with E-state index in [-0.39, 0.29) is 11.3 Å². The Kier molecular flexibility index (Phi) is 6.20. The molecule has 2 rings (SSSR count). The third kappa shape index (κ3) is 4.02. The predicted molar refractivity (Wildman–Crippen MR) is 83.2 cm³/mol. The molecule has 0 aromatic heterocycles. The summed E-state index contributed by atoms with van der Waals surface area (Å²) >= 11 is 0. The molecule has 1 unspecified atom stereocenters. The molecule has 140 valence electrons. The number of aliphatic hydroxyl groups excluding tert-OH is 4. The van der Waals surface area contributed by atoms with E-state index in [1.807, 2.05) is 6.92 Å². The zero-order valence-corrected chi connectivity index (χ0v) is 13.6. The molecule has 1 saturated heterocycles. The number of rotatable bonds is 6. The molecule has 0 amide bonds. The molecule has 9 nitrogen and oxygen atoms in total. The van der Waals surface area contributed by atoms with E-state index in [1.165, 1.54) is 6.07 Å². The molecule has 1 aromatic rings. The van der Waals surface area contributed by atoms with E-state index in [0.29, 0.717) is 18.4 Å². The second-order valence-electron chi connectivity index (χ2n) is 5.87. The first-order chi connectivity index (χ1) is 11.8. The first-order valence-electron chi connectivity index (χ1n) is 7.86. The van der Waals surface area contributed by atoms with Crippen molar-refractivity contribution in [3.63, 3.8) is 0 Å². The van der Waals surface area contributed by atoms with E-state index in [1.54, 1.807) is 0 Å². The highest BCUT2D eigenvalue weighted by Crippen LogP contribution is 2.32. The summed E-state index contributed by atoms with van der Waals surface area (Å²) in [6.45, 7) is 1.26. The Bertz CT molecular complexity index is 618. The molecule has 1 aliphatic heterocycles. The zero-order chi connectivity index (χ0) is 18.7. The quantitative estimate of drug-likeness (QED) is 0.392. The lowest BCUT2D eigenvalue weighted by molar-refractivity contribution is -0.312. The number of aromatic hydroxyl groups is 1. The smallest absolute Gasteiger partial charge is 0.339 e. The van der Waals surface area contributed by atoms with Gasteiger partial charge in [0.1, 0.15) is 23.2 Å². The normalized spacial score (nSPS) is 29.4. The van der Waals surface area contributed by atoms with Crippen molar-refractivity contribution in [2.45, 2.75) is 44.6 Å². The summed E-state index contributed by atoms with van der Waals surface area (Å²) in [5.74, 6) is -2.77. The van der Waals surface area contributed by atoms with Crippen molar-refractivity contribution in [3.8, 4) is 11.5 Å². The van der Waals surface area contributed by atoms with E-state index >= 15 is 0 Å². The van der Waals surface area contributed by atoms with Crippen LogP contribution in [0.5, 0.6) is 11.5 Å². The van der Waals surface area contributed by atoms with Crippen LogP contribution in [0.2, 0.25) is 0 Å². The molecular formula is C16H22O9. The van der Waals surface area contributed by atoms with Crippen LogP contribution in [0.15, 0.2) is 12.1 Å². The summed E-state index contributed by atoms with van der Waals surface area (Å²) in [6, 6.07) is 2.48. The van der Waals surface area contributed by atoms with Gasteiger partial charge in [-0.3, -0.25) is 0 Å². The molecular weight excluding hydrogens is 336 g/mol. The molecule has 0 bridgehead atoms. The Balaban J connectivity index is 2.31. The fourth-order valence-corrected chi connectivity index (χ4v) is 2.78. The lowest BCUT2D eigenvalue weighted by atomic mass is 9.94. The van der Waals surface area contributed by atoms with Gasteiger partial charge in [-0.2, -0.15) is 0 Å². The van der Waals surface area contributed by atoms with Crippen LogP contribution in [0.1, 0.15) is 29.3 Å². The summed E-state index contributed by atoms with van der Waals surface area (Å²) in [6.07, 6.45) is -5.10.